The van der Waals surface area contributed by atoms with Crippen LogP contribution in [0.4, 0.5) is 0 Å². The predicted octanol–water partition coefficient (Wildman–Crippen LogP) is 1.74. The Bertz CT molecular complexity index is 319. The van der Waals surface area contributed by atoms with Gasteiger partial charge < -0.3 is 11.1 Å². The van der Waals surface area contributed by atoms with Crippen LogP contribution >= 0.6 is 0 Å². The van der Waals surface area contributed by atoms with Gasteiger partial charge in [-0.25, -0.2) is 0 Å². The Morgan fingerprint density at radius 1 is 1.25 bits per heavy atom. The number of carbonyl (C=O) groups is 1. The van der Waals surface area contributed by atoms with Gasteiger partial charge in [0, 0.05) is 13.0 Å². The lowest BCUT2D eigenvalue weighted by atomic mass is 10.1. The molecule has 0 spiro atoms. The number of hydrogen-bond acceptors (Lipinski definition) is 2. The molecule has 1 aromatic carbocycles. The minimum atomic E-state index is -0.210. The largest absolute Gasteiger partial charge is 0.370 e. The van der Waals surface area contributed by atoms with Crippen molar-refractivity contribution in [2.75, 3.05) is 6.54 Å². The van der Waals surface area contributed by atoms with Gasteiger partial charge in [0.15, 0.2) is 0 Å². The number of rotatable bonds is 7. The molecule has 0 aromatic heterocycles. The van der Waals surface area contributed by atoms with E-state index in [1.54, 1.807) is 0 Å². The van der Waals surface area contributed by atoms with Crippen LogP contribution in [0.2, 0.25) is 0 Å². The Hall–Kier alpha value is -1.35. The van der Waals surface area contributed by atoms with Crippen molar-refractivity contribution in [2.24, 2.45) is 5.73 Å². The van der Waals surface area contributed by atoms with Gasteiger partial charge in [0.25, 0.3) is 0 Å². The van der Waals surface area contributed by atoms with E-state index in [1.807, 2.05) is 0 Å². The highest BCUT2D eigenvalue weighted by Gasteiger charge is 1.95. The minimum absolute atomic E-state index is 0.210. The van der Waals surface area contributed by atoms with Crippen LogP contribution in [0.5, 0.6) is 0 Å². The Balaban J connectivity index is 2.07. The van der Waals surface area contributed by atoms with Gasteiger partial charge in [-0.1, -0.05) is 29.8 Å². The van der Waals surface area contributed by atoms with Crippen LogP contribution in [-0.4, -0.2) is 12.5 Å². The maximum atomic E-state index is 10.5. The number of nitrogens with two attached hydrogens (primary N) is 1. The minimum Gasteiger partial charge on any atom is -0.370 e. The molecule has 0 fully saturated rings. The first-order valence-electron chi connectivity index (χ1n) is 5.73. The Morgan fingerprint density at radius 3 is 2.56 bits per heavy atom. The van der Waals surface area contributed by atoms with E-state index in [0.29, 0.717) is 6.42 Å². The van der Waals surface area contributed by atoms with Crippen LogP contribution in [0.15, 0.2) is 24.3 Å². The molecule has 0 radical (unpaired) electrons. The first kappa shape index (κ1) is 12.7. The second kappa shape index (κ2) is 7.01. The lowest BCUT2D eigenvalue weighted by molar-refractivity contribution is -0.118. The summed E-state index contributed by atoms with van der Waals surface area (Å²) >= 11 is 0. The third-order valence-corrected chi connectivity index (χ3v) is 2.48. The van der Waals surface area contributed by atoms with E-state index >= 15 is 0 Å². The van der Waals surface area contributed by atoms with Crippen LogP contribution in [0.1, 0.15) is 30.4 Å². The Kier molecular flexibility index (Phi) is 5.57. The number of amides is 1. The number of hydrogen-bond donors (Lipinski definition) is 2. The highest BCUT2D eigenvalue weighted by Crippen LogP contribution is 2.02. The van der Waals surface area contributed by atoms with Crippen LogP contribution in [-0.2, 0) is 11.3 Å². The van der Waals surface area contributed by atoms with Crippen molar-refractivity contribution < 1.29 is 4.79 Å². The molecule has 0 atom stereocenters. The first-order chi connectivity index (χ1) is 7.68. The topological polar surface area (TPSA) is 55.1 Å². The number of benzene rings is 1. The zero-order valence-electron chi connectivity index (χ0n) is 9.83. The highest BCUT2D eigenvalue weighted by atomic mass is 16.1. The molecule has 3 nitrogen and oxygen atoms in total. The summed E-state index contributed by atoms with van der Waals surface area (Å²) in [7, 11) is 0. The SMILES string of the molecule is Cc1ccc(CNCCCCC(N)=O)cc1. The van der Waals surface area contributed by atoms with Gasteiger partial charge in [0.1, 0.15) is 0 Å². The number of primary amides is 1. The van der Waals surface area contributed by atoms with Crippen molar-refractivity contribution in [3.05, 3.63) is 35.4 Å². The molecule has 1 aromatic rings. The van der Waals surface area contributed by atoms with Gasteiger partial charge in [0.05, 0.1) is 0 Å². The van der Waals surface area contributed by atoms with Crippen LogP contribution in [0, 0.1) is 6.92 Å². The van der Waals surface area contributed by atoms with E-state index in [2.05, 4.69) is 36.5 Å². The van der Waals surface area contributed by atoms with Crippen LogP contribution in [0.3, 0.4) is 0 Å². The summed E-state index contributed by atoms with van der Waals surface area (Å²) in [5, 5.41) is 3.34. The molecule has 1 amide bonds. The maximum absolute atomic E-state index is 10.5. The summed E-state index contributed by atoms with van der Waals surface area (Å²) in [6, 6.07) is 8.49. The molecule has 3 heteroatoms. The summed E-state index contributed by atoms with van der Waals surface area (Å²) in [4.78, 5) is 10.5. The summed E-state index contributed by atoms with van der Waals surface area (Å²) in [5.74, 6) is -0.210. The fraction of sp³-hybridized carbons (Fsp3) is 0.462. The maximum Gasteiger partial charge on any atom is 0.217 e. The molecule has 0 bridgehead atoms. The lowest BCUT2D eigenvalue weighted by Crippen LogP contribution is -2.16. The molecule has 0 saturated heterocycles. The van der Waals surface area contributed by atoms with Gasteiger partial charge in [-0.3, -0.25) is 4.79 Å². The Labute approximate surface area is 97.0 Å². The average molecular weight is 220 g/mol. The van der Waals surface area contributed by atoms with Gasteiger partial charge in [-0.15, -0.1) is 0 Å². The van der Waals surface area contributed by atoms with E-state index in [1.165, 1.54) is 11.1 Å². The Morgan fingerprint density at radius 2 is 1.94 bits per heavy atom. The first-order valence-corrected chi connectivity index (χ1v) is 5.73. The zero-order valence-corrected chi connectivity index (χ0v) is 9.83. The van der Waals surface area contributed by atoms with Crippen molar-refractivity contribution in [2.45, 2.75) is 32.7 Å². The molecule has 3 N–H and O–H groups in total. The summed E-state index contributed by atoms with van der Waals surface area (Å²) < 4.78 is 0. The average Bonchev–Trinajstić information content (AvgIpc) is 2.25. The third kappa shape index (κ3) is 5.51. The second-order valence-electron chi connectivity index (χ2n) is 4.09. The van der Waals surface area contributed by atoms with Crippen molar-refractivity contribution in [1.82, 2.24) is 5.32 Å². The quantitative estimate of drug-likeness (QED) is 0.688. The van der Waals surface area contributed by atoms with E-state index in [9.17, 15) is 4.79 Å². The van der Waals surface area contributed by atoms with Crippen molar-refractivity contribution in [3.8, 4) is 0 Å². The molecule has 0 aliphatic rings. The summed E-state index contributed by atoms with van der Waals surface area (Å²) in [5.41, 5.74) is 7.63. The van der Waals surface area contributed by atoms with Gasteiger partial charge >= 0.3 is 0 Å². The molecule has 0 aliphatic carbocycles. The number of aryl methyl sites for hydroxylation is 1. The fourth-order valence-corrected chi connectivity index (χ4v) is 1.49. The standard InChI is InChI=1S/C13H20N2O/c1-11-5-7-12(8-6-11)10-15-9-3-2-4-13(14)16/h5-8,15H,2-4,9-10H2,1H3,(H2,14,16). The van der Waals surface area contributed by atoms with Crippen LogP contribution in [0.25, 0.3) is 0 Å². The highest BCUT2D eigenvalue weighted by molar-refractivity contribution is 5.73. The molecule has 16 heavy (non-hydrogen) atoms. The monoisotopic (exact) mass is 220 g/mol. The fourth-order valence-electron chi connectivity index (χ4n) is 1.49. The molecule has 88 valence electrons. The van der Waals surface area contributed by atoms with Crippen LogP contribution < -0.4 is 11.1 Å². The summed E-state index contributed by atoms with van der Waals surface area (Å²) in [6.45, 7) is 3.90. The van der Waals surface area contributed by atoms with E-state index in [0.717, 1.165) is 25.9 Å². The molecule has 0 saturated carbocycles. The van der Waals surface area contributed by atoms with Crippen molar-refractivity contribution in [1.29, 1.82) is 0 Å². The molecule has 1 rings (SSSR count). The van der Waals surface area contributed by atoms with Gasteiger partial charge in [0.2, 0.25) is 5.91 Å². The van der Waals surface area contributed by atoms with Crippen molar-refractivity contribution >= 4 is 5.91 Å². The zero-order chi connectivity index (χ0) is 11.8. The van der Waals surface area contributed by atoms with Gasteiger partial charge in [-0.2, -0.15) is 0 Å². The third-order valence-electron chi connectivity index (χ3n) is 2.48. The smallest absolute Gasteiger partial charge is 0.217 e. The van der Waals surface area contributed by atoms with Gasteiger partial charge in [-0.05, 0) is 31.9 Å². The molecular formula is C13H20N2O. The second-order valence-corrected chi connectivity index (χ2v) is 4.09. The molecule has 0 aliphatic heterocycles. The lowest BCUT2D eigenvalue weighted by Gasteiger charge is -2.04. The van der Waals surface area contributed by atoms with E-state index < -0.39 is 0 Å². The van der Waals surface area contributed by atoms with Crippen molar-refractivity contribution in [3.63, 3.8) is 0 Å². The number of unbranched alkanes of at least 4 members (excludes halogenated alkanes) is 1. The number of carbonyl (C=O) groups excluding carboxylic acids is 1. The molecule has 0 unspecified atom stereocenters. The number of nitrogens with one attached hydrogen (secondary N) is 1. The van der Waals surface area contributed by atoms with E-state index in [4.69, 9.17) is 5.73 Å². The normalized spacial score (nSPS) is 10.3. The molecular weight excluding hydrogens is 200 g/mol. The van der Waals surface area contributed by atoms with E-state index in [-0.39, 0.29) is 5.91 Å². The predicted molar refractivity (Wildman–Crippen MR) is 65.9 cm³/mol. The summed E-state index contributed by atoms with van der Waals surface area (Å²) in [6.07, 6.45) is 2.36. The molecule has 0 heterocycles.